The van der Waals surface area contributed by atoms with Crippen molar-refractivity contribution in [1.82, 2.24) is 0 Å². The number of hydrogen-bond donors (Lipinski definition) is 0. The first kappa shape index (κ1) is 20.3. The molecule has 24 heavy (non-hydrogen) atoms. The van der Waals surface area contributed by atoms with E-state index in [2.05, 4.69) is 4.18 Å². The quantitative estimate of drug-likeness (QED) is 0.531. The topological polar surface area (TPSA) is 43.4 Å². The Labute approximate surface area is 140 Å². The molecule has 0 aliphatic heterocycles. The van der Waals surface area contributed by atoms with Gasteiger partial charge in [0.15, 0.2) is 0 Å². The number of rotatable bonds is 2. The van der Waals surface area contributed by atoms with Gasteiger partial charge in [-0.2, -0.15) is 21.6 Å². The normalized spacial score (nSPS) is 12.5. The smallest absolute Gasteiger partial charge is 0.376 e. The summed E-state index contributed by atoms with van der Waals surface area (Å²) in [7, 11) is -5.65. The molecule has 0 saturated carbocycles. The van der Waals surface area contributed by atoms with Crippen LogP contribution < -0.4 is 4.18 Å². The molecule has 2 aromatic rings. The third-order valence-electron chi connectivity index (χ3n) is 3.17. The van der Waals surface area contributed by atoms with Crippen LogP contribution in [0.1, 0.15) is 40.2 Å². The largest absolute Gasteiger partial charge is 0.534 e. The molecule has 0 bridgehead atoms. The van der Waals surface area contributed by atoms with Gasteiger partial charge < -0.3 is 4.18 Å². The molecule has 0 fully saturated rings. The van der Waals surface area contributed by atoms with Gasteiger partial charge in [-0.1, -0.05) is 58.9 Å². The van der Waals surface area contributed by atoms with Crippen molar-refractivity contribution in [2.24, 2.45) is 0 Å². The van der Waals surface area contributed by atoms with Gasteiger partial charge in [0.05, 0.1) is 0 Å². The number of benzene rings is 2. The van der Waals surface area contributed by atoms with Crippen LogP contribution in [0.2, 0.25) is 0 Å². The summed E-state index contributed by atoms with van der Waals surface area (Å²) in [6.07, 6.45) is 0. The Hall–Kier alpha value is -1.76. The lowest BCUT2D eigenvalue weighted by Gasteiger charge is -2.19. The van der Waals surface area contributed by atoms with Crippen molar-refractivity contribution in [2.45, 2.75) is 45.5 Å². The molecule has 7 heteroatoms. The maximum absolute atomic E-state index is 12.3. The highest BCUT2D eigenvalue weighted by Gasteiger charge is 2.48. The Balaban J connectivity index is 0.00000139. The van der Waals surface area contributed by atoms with Crippen LogP contribution in [0.25, 0.3) is 10.8 Å². The van der Waals surface area contributed by atoms with Gasteiger partial charge in [-0.15, -0.1) is 0 Å². The summed E-state index contributed by atoms with van der Waals surface area (Å²) < 4.78 is 63.0. The first-order chi connectivity index (χ1) is 10.9. The maximum Gasteiger partial charge on any atom is 0.534 e. The molecule has 0 spiro atoms. The van der Waals surface area contributed by atoms with E-state index in [0.717, 1.165) is 10.9 Å². The molecule has 0 aliphatic rings. The Morgan fingerprint density at radius 2 is 1.38 bits per heavy atom. The Bertz CT molecular complexity index is 804. The minimum atomic E-state index is -5.65. The number of halogens is 3. The standard InChI is InChI=1S/C15H15F3O3S.C2H6/c1-14(2,3)12-6-4-11-9-13(7-5-10(11)8-12)21-22(19,20)15(16,17)18;1-2/h4-9H,1-3H3;1-2H3. The fraction of sp³-hybridized carbons (Fsp3) is 0.412. The van der Waals surface area contributed by atoms with Gasteiger partial charge in [0.1, 0.15) is 5.75 Å². The van der Waals surface area contributed by atoms with E-state index in [1.165, 1.54) is 18.2 Å². The molecular weight excluding hydrogens is 341 g/mol. The SMILES string of the molecule is CC.CC(C)(C)c1ccc2cc(OS(=O)(=O)C(F)(F)F)ccc2c1. The third-order valence-corrected chi connectivity index (χ3v) is 4.15. The van der Waals surface area contributed by atoms with Gasteiger partial charge >= 0.3 is 15.6 Å². The molecule has 0 atom stereocenters. The number of fused-ring (bicyclic) bond motifs is 1. The average molecular weight is 362 g/mol. The van der Waals surface area contributed by atoms with Gasteiger partial charge in [-0.25, -0.2) is 0 Å². The average Bonchev–Trinajstić information content (AvgIpc) is 2.46. The lowest BCUT2D eigenvalue weighted by atomic mass is 9.86. The molecule has 0 N–H and O–H groups in total. The van der Waals surface area contributed by atoms with Gasteiger partial charge in [-0.05, 0) is 33.9 Å². The molecule has 0 amide bonds. The van der Waals surface area contributed by atoms with E-state index < -0.39 is 15.6 Å². The minimum Gasteiger partial charge on any atom is -0.376 e. The van der Waals surface area contributed by atoms with Crippen LogP contribution in [0, 0.1) is 0 Å². The van der Waals surface area contributed by atoms with Gasteiger partial charge in [0.2, 0.25) is 0 Å². The van der Waals surface area contributed by atoms with Crippen molar-refractivity contribution in [3.05, 3.63) is 42.0 Å². The van der Waals surface area contributed by atoms with E-state index in [0.29, 0.717) is 5.39 Å². The predicted octanol–water partition coefficient (Wildman–Crippen LogP) is 5.39. The van der Waals surface area contributed by atoms with E-state index >= 15 is 0 Å². The van der Waals surface area contributed by atoms with Crippen LogP contribution in [0.4, 0.5) is 13.2 Å². The van der Waals surface area contributed by atoms with E-state index in [9.17, 15) is 21.6 Å². The molecule has 134 valence electrons. The van der Waals surface area contributed by atoms with Crippen LogP contribution in [0.3, 0.4) is 0 Å². The minimum absolute atomic E-state index is 0.0665. The molecule has 2 rings (SSSR count). The lowest BCUT2D eigenvalue weighted by Crippen LogP contribution is -2.28. The summed E-state index contributed by atoms with van der Waals surface area (Å²) in [6.45, 7) is 10.1. The molecule has 0 aliphatic carbocycles. The highest BCUT2D eigenvalue weighted by molar-refractivity contribution is 7.88. The van der Waals surface area contributed by atoms with E-state index in [-0.39, 0.29) is 11.2 Å². The van der Waals surface area contributed by atoms with Crippen molar-refractivity contribution in [3.8, 4) is 5.75 Å². The Kier molecular flexibility index (Phi) is 5.92. The molecular formula is C17H21F3O3S. The molecule has 0 unspecified atom stereocenters. The van der Waals surface area contributed by atoms with Crippen LogP contribution in [0.5, 0.6) is 5.75 Å². The highest BCUT2D eigenvalue weighted by atomic mass is 32.2. The zero-order chi connectivity index (χ0) is 18.8. The van der Waals surface area contributed by atoms with Crippen LogP contribution in [-0.2, 0) is 15.5 Å². The Morgan fingerprint density at radius 3 is 1.88 bits per heavy atom. The predicted molar refractivity (Wildman–Crippen MR) is 89.6 cm³/mol. The van der Waals surface area contributed by atoms with Crippen molar-refractivity contribution >= 4 is 20.9 Å². The Morgan fingerprint density at radius 1 is 0.875 bits per heavy atom. The molecule has 0 aromatic heterocycles. The molecule has 0 saturated heterocycles. The third kappa shape index (κ3) is 4.63. The summed E-state index contributed by atoms with van der Waals surface area (Å²) >= 11 is 0. The molecule has 2 aromatic carbocycles. The summed E-state index contributed by atoms with van der Waals surface area (Å²) in [5, 5.41) is 1.40. The fourth-order valence-electron chi connectivity index (χ4n) is 1.92. The number of hydrogen-bond acceptors (Lipinski definition) is 3. The van der Waals surface area contributed by atoms with Crippen molar-refractivity contribution in [3.63, 3.8) is 0 Å². The summed E-state index contributed by atoms with van der Waals surface area (Å²) in [5.74, 6) is -0.367. The van der Waals surface area contributed by atoms with Gasteiger partial charge in [0.25, 0.3) is 0 Å². The first-order valence-electron chi connectivity index (χ1n) is 7.45. The molecule has 3 nitrogen and oxygen atoms in total. The van der Waals surface area contributed by atoms with Crippen LogP contribution in [-0.4, -0.2) is 13.9 Å². The zero-order valence-corrected chi connectivity index (χ0v) is 15.0. The first-order valence-corrected chi connectivity index (χ1v) is 8.86. The second-order valence-electron chi connectivity index (χ2n) is 5.96. The fourth-order valence-corrected chi connectivity index (χ4v) is 2.37. The molecule has 0 radical (unpaired) electrons. The van der Waals surface area contributed by atoms with E-state index in [1.807, 2.05) is 46.8 Å². The van der Waals surface area contributed by atoms with Crippen LogP contribution in [0.15, 0.2) is 36.4 Å². The highest BCUT2D eigenvalue weighted by Crippen LogP contribution is 2.31. The van der Waals surface area contributed by atoms with E-state index in [1.54, 1.807) is 6.07 Å². The summed E-state index contributed by atoms with van der Waals surface area (Å²) in [4.78, 5) is 0. The van der Waals surface area contributed by atoms with E-state index in [4.69, 9.17) is 0 Å². The lowest BCUT2D eigenvalue weighted by molar-refractivity contribution is -0.0500. The van der Waals surface area contributed by atoms with Gasteiger partial charge in [-0.3, -0.25) is 0 Å². The monoisotopic (exact) mass is 362 g/mol. The second-order valence-corrected chi connectivity index (χ2v) is 7.49. The number of alkyl halides is 3. The molecule has 0 heterocycles. The second kappa shape index (κ2) is 7.01. The summed E-state index contributed by atoms with van der Waals surface area (Å²) in [6, 6.07) is 9.50. The maximum atomic E-state index is 12.3. The zero-order valence-electron chi connectivity index (χ0n) is 14.2. The van der Waals surface area contributed by atoms with Crippen molar-refractivity contribution in [1.29, 1.82) is 0 Å². The summed E-state index contributed by atoms with van der Waals surface area (Å²) in [5.41, 5.74) is -4.45. The van der Waals surface area contributed by atoms with Crippen molar-refractivity contribution < 1.29 is 25.8 Å². The van der Waals surface area contributed by atoms with Gasteiger partial charge in [0, 0.05) is 0 Å². The van der Waals surface area contributed by atoms with Crippen LogP contribution >= 0.6 is 0 Å². The van der Waals surface area contributed by atoms with Crippen molar-refractivity contribution in [2.75, 3.05) is 0 Å².